The average molecular weight is 1220 g/mol. The quantitative estimate of drug-likeness (QED) is 0.0207. The topological polar surface area (TPSA) is 151 Å². The van der Waals surface area contributed by atoms with E-state index in [1.165, 1.54) is 39.2 Å². The van der Waals surface area contributed by atoms with Gasteiger partial charge in [0.1, 0.15) is 24.4 Å². The van der Waals surface area contributed by atoms with E-state index in [1.807, 2.05) is 128 Å². The van der Waals surface area contributed by atoms with Crippen molar-refractivity contribution in [2.24, 2.45) is 0 Å². The number of unbranched alkanes of at least 4 members (excludes halogenated alkanes) is 14. The van der Waals surface area contributed by atoms with Gasteiger partial charge in [-0.05, 0) is 144 Å². The van der Waals surface area contributed by atoms with Crippen LogP contribution in [0.3, 0.4) is 0 Å². The molecule has 0 radical (unpaired) electrons. The second-order valence-corrected chi connectivity index (χ2v) is 24.9. The summed E-state index contributed by atoms with van der Waals surface area (Å²) >= 11 is 0. The van der Waals surface area contributed by atoms with Crippen molar-refractivity contribution in [1.29, 1.82) is 0 Å². The molecule has 0 N–H and O–H groups in total. The Labute approximate surface area is 527 Å². The minimum atomic E-state index is -0.905. The number of hydrogen-bond acceptors (Lipinski definition) is 13. The fraction of sp³-hybridized carbons (Fsp3) is 0.526. The molecule has 0 aromatic heterocycles. The maximum atomic E-state index is 14.3. The van der Waals surface area contributed by atoms with Gasteiger partial charge in [0, 0.05) is 33.3 Å². The van der Waals surface area contributed by atoms with Crippen LogP contribution in [0.2, 0.25) is 0 Å². The Morgan fingerprint density at radius 3 is 1.18 bits per heavy atom. The van der Waals surface area contributed by atoms with E-state index in [0.717, 1.165) is 140 Å². The van der Waals surface area contributed by atoms with Crippen molar-refractivity contribution >= 4 is 56.2 Å². The van der Waals surface area contributed by atoms with Crippen LogP contribution >= 0.6 is 0 Å². The molecule has 3 aliphatic heterocycles. The van der Waals surface area contributed by atoms with Gasteiger partial charge in [-0.3, -0.25) is 0 Å². The van der Waals surface area contributed by atoms with Gasteiger partial charge < -0.3 is 42.6 Å². The van der Waals surface area contributed by atoms with Crippen LogP contribution in [0.5, 0.6) is 0 Å². The number of cyclic esters (lactones) is 1. The fourth-order valence-corrected chi connectivity index (χ4v) is 13.5. The summed E-state index contributed by atoms with van der Waals surface area (Å²) in [7, 11) is 4.62. The third-order valence-electron chi connectivity index (χ3n) is 18.4. The number of esters is 4. The highest BCUT2D eigenvalue weighted by atomic mass is 16.6. The second-order valence-electron chi connectivity index (χ2n) is 24.9. The monoisotopic (exact) mass is 1220 g/mol. The van der Waals surface area contributed by atoms with E-state index in [0.29, 0.717) is 36.8 Å². The molecule has 0 bridgehead atoms. The summed E-state index contributed by atoms with van der Waals surface area (Å²) in [4.78, 5) is 54.9. The van der Waals surface area contributed by atoms with Crippen molar-refractivity contribution in [1.82, 2.24) is 0 Å². The highest BCUT2D eigenvalue weighted by Crippen LogP contribution is 2.38. The summed E-state index contributed by atoms with van der Waals surface area (Å²) in [6.45, 7) is 4.07. The molecule has 0 aliphatic carbocycles. The lowest BCUT2D eigenvalue weighted by molar-refractivity contribution is -0.177. The second kappa shape index (κ2) is 34.6. The summed E-state index contributed by atoms with van der Waals surface area (Å²) in [5.41, 5.74) is 2.75. The normalized spacial score (nSPS) is 20.4. The van der Waals surface area contributed by atoms with E-state index >= 15 is 0 Å². The molecule has 9 rings (SSSR count). The number of methoxy groups -OCH3 is 3. The summed E-state index contributed by atoms with van der Waals surface area (Å²) in [6, 6.07) is 41.9. The van der Waals surface area contributed by atoms with E-state index in [9.17, 15) is 19.2 Å². The van der Waals surface area contributed by atoms with Crippen LogP contribution in [-0.4, -0.2) is 94.0 Å². The van der Waals surface area contributed by atoms with Crippen LogP contribution in [0.15, 0.2) is 139 Å². The predicted molar refractivity (Wildman–Crippen MR) is 348 cm³/mol. The molecule has 3 heterocycles. The summed E-state index contributed by atoms with van der Waals surface area (Å²) in [5.74, 6) is -1.68. The Bertz CT molecular complexity index is 3240. The zero-order valence-electron chi connectivity index (χ0n) is 53.3. The van der Waals surface area contributed by atoms with Gasteiger partial charge in [-0.1, -0.05) is 200 Å². The number of benzene rings is 6. The van der Waals surface area contributed by atoms with Gasteiger partial charge in [-0.15, -0.1) is 0 Å². The highest BCUT2D eigenvalue weighted by molar-refractivity contribution is 5.91. The molecule has 3 aliphatic rings. The van der Waals surface area contributed by atoms with Crippen molar-refractivity contribution in [3.8, 4) is 0 Å². The minimum absolute atomic E-state index is 0.193. The highest BCUT2D eigenvalue weighted by Gasteiger charge is 2.44. The molecular weight excluding hydrogens is 1120 g/mol. The van der Waals surface area contributed by atoms with E-state index in [-0.39, 0.29) is 36.5 Å². The van der Waals surface area contributed by atoms with Crippen molar-refractivity contribution in [3.63, 3.8) is 0 Å². The van der Waals surface area contributed by atoms with Crippen molar-refractivity contribution in [2.75, 3.05) is 21.3 Å². The smallest absolute Gasteiger partial charge is 0.340 e. The van der Waals surface area contributed by atoms with Crippen molar-refractivity contribution < 1.29 is 61.8 Å². The molecule has 2 fully saturated rings. The molecule has 6 aromatic rings. The zero-order chi connectivity index (χ0) is 62.3. The molecule has 2 saturated heterocycles. The van der Waals surface area contributed by atoms with E-state index in [1.54, 1.807) is 14.2 Å². The molecule has 6 aromatic carbocycles. The molecule has 13 nitrogen and oxygen atoms in total. The fourth-order valence-electron chi connectivity index (χ4n) is 13.5. The minimum Gasteiger partial charge on any atom is -0.460 e. The Balaban J connectivity index is 0.783. The molecule has 89 heavy (non-hydrogen) atoms. The third-order valence-corrected chi connectivity index (χ3v) is 18.4. The van der Waals surface area contributed by atoms with E-state index < -0.39 is 54.5 Å². The SMILES string of the molecule is CCCCCCCCCC[C@@H](OC(=O)[C@@H](OC)c1ccc2ccccc2c1)[C@H]1CC[C@H]([C@H]2CC[C@H]([C@@H](CCCCCCCCCC[C@H](CC3=C[C@H](C)OC3=O)OC(=O)[C@@H](OC)c3ccc4ccccc4c3)OC(=O)[C@@H](OC)c3ccc4ccccc4c3)O2)O1. The van der Waals surface area contributed by atoms with Crippen LogP contribution in [0.1, 0.15) is 203 Å². The number of hydrogen-bond donors (Lipinski definition) is 0. The van der Waals surface area contributed by atoms with Gasteiger partial charge in [-0.2, -0.15) is 0 Å². The first-order valence-electron chi connectivity index (χ1n) is 33.4. The van der Waals surface area contributed by atoms with Crippen molar-refractivity contribution in [3.05, 3.63) is 156 Å². The van der Waals surface area contributed by atoms with E-state index in [2.05, 4.69) is 19.1 Å². The lowest BCUT2D eigenvalue weighted by Crippen LogP contribution is -2.37. The van der Waals surface area contributed by atoms with Crippen LogP contribution in [-0.2, 0) is 61.8 Å². The van der Waals surface area contributed by atoms with Crippen LogP contribution in [0, 0.1) is 0 Å². The number of fused-ring (bicyclic) bond motifs is 3. The summed E-state index contributed by atoms with van der Waals surface area (Å²) in [6.07, 6.45) is 18.8. The van der Waals surface area contributed by atoms with Gasteiger partial charge in [0.15, 0.2) is 18.3 Å². The maximum Gasteiger partial charge on any atom is 0.340 e. The first-order chi connectivity index (χ1) is 43.5. The van der Waals surface area contributed by atoms with E-state index in [4.69, 9.17) is 42.6 Å². The standard InChI is InChI=1S/C76H96O13/c1-6-7-8-9-10-14-17-20-35-64(88-75(79)71(82-4)60-41-38-54-29-23-26-32-57(54)49-60)66-43-45-68(86-66)69-46-44-67(87-69)65(89-76(80)72(83-5)61-42-39-55-30-24-27-33-58(55)50-61)36-21-18-15-12-11-13-16-19-34-63(51-62-47-52(2)84-73(62)77)85-74(78)70(81-3)59-40-37-53-28-22-25-31-56(53)48-59/h22-33,37-42,47-50,52,63-72H,6-21,34-36,43-46,51H2,1-5H3/t52-,63+,64+,65+,66+,67+,68+,69+,70-,71-,72-/m0/s1. The lowest BCUT2D eigenvalue weighted by Gasteiger charge is -2.29. The molecule has 0 spiro atoms. The molecule has 11 atom stereocenters. The average Bonchev–Trinajstić information content (AvgIpc) is 2.60. The Morgan fingerprint density at radius 1 is 0.449 bits per heavy atom. The van der Waals surface area contributed by atoms with Gasteiger partial charge in [0.2, 0.25) is 0 Å². The maximum absolute atomic E-state index is 14.3. The zero-order valence-corrected chi connectivity index (χ0v) is 53.3. The van der Waals surface area contributed by atoms with Gasteiger partial charge in [0.25, 0.3) is 0 Å². The number of carbonyl (C=O) groups excluding carboxylic acids is 4. The van der Waals surface area contributed by atoms with Gasteiger partial charge in [0.05, 0.1) is 24.4 Å². The Hall–Kier alpha value is -6.48. The predicted octanol–water partition coefficient (Wildman–Crippen LogP) is 17.1. The van der Waals surface area contributed by atoms with Crippen LogP contribution in [0.25, 0.3) is 32.3 Å². The largest absolute Gasteiger partial charge is 0.460 e. The Morgan fingerprint density at radius 2 is 0.809 bits per heavy atom. The summed E-state index contributed by atoms with van der Waals surface area (Å²) < 4.78 is 55.8. The first kappa shape index (κ1) is 66.9. The Kier molecular flexibility index (Phi) is 26.0. The number of ether oxygens (including phenoxy) is 9. The summed E-state index contributed by atoms with van der Waals surface area (Å²) in [5, 5.41) is 6.30. The molecular formula is C76H96O13. The van der Waals surface area contributed by atoms with Crippen LogP contribution in [0.4, 0.5) is 0 Å². The molecule has 0 unspecified atom stereocenters. The molecule has 0 saturated carbocycles. The molecule has 13 heteroatoms. The van der Waals surface area contributed by atoms with Gasteiger partial charge in [-0.25, -0.2) is 19.2 Å². The first-order valence-corrected chi connectivity index (χ1v) is 33.4. The van der Waals surface area contributed by atoms with Crippen molar-refractivity contribution in [2.45, 2.75) is 235 Å². The van der Waals surface area contributed by atoms with Gasteiger partial charge >= 0.3 is 23.9 Å². The number of rotatable bonds is 37. The van der Waals surface area contributed by atoms with Crippen LogP contribution < -0.4 is 0 Å². The molecule has 0 amide bonds. The molecule has 478 valence electrons. The lowest BCUT2D eigenvalue weighted by atomic mass is 9.99. The number of carbonyl (C=O) groups is 4. The third kappa shape index (κ3) is 19.0.